The summed E-state index contributed by atoms with van der Waals surface area (Å²) >= 11 is 11.5. The molecule has 1 amide bonds. The first-order valence-electron chi connectivity index (χ1n) is 11.8. The molecular formula is C24H34Cl2N2O3S. The molecule has 0 radical (unpaired) electrons. The number of hydrogen-bond donors (Lipinski definition) is 1. The fraction of sp³-hybridized carbons (Fsp3) is 0.708. The molecule has 4 aliphatic carbocycles. The van der Waals surface area contributed by atoms with Crippen LogP contribution < -0.4 is 5.32 Å². The average molecular weight is 502 g/mol. The van der Waals surface area contributed by atoms with Crippen molar-refractivity contribution in [2.45, 2.75) is 62.8 Å². The molecule has 5 rings (SSSR count). The van der Waals surface area contributed by atoms with Gasteiger partial charge in [0.15, 0.2) is 0 Å². The molecule has 0 heterocycles. The van der Waals surface area contributed by atoms with Gasteiger partial charge in [-0.3, -0.25) is 4.79 Å². The minimum absolute atomic E-state index is 0.116. The Hall–Kier alpha value is -0.820. The summed E-state index contributed by atoms with van der Waals surface area (Å²) < 4.78 is 27.1. The van der Waals surface area contributed by atoms with E-state index in [4.69, 9.17) is 23.2 Å². The van der Waals surface area contributed by atoms with Crippen LogP contribution in [-0.2, 0) is 10.0 Å². The molecular weight excluding hydrogens is 467 g/mol. The highest BCUT2D eigenvalue weighted by Gasteiger charge is 2.54. The summed E-state index contributed by atoms with van der Waals surface area (Å²) in [7, 11) is -3.69. The van der Waals surface area contributed by atoms with Gasteiger partial charge in [0.25, 0.3) is 5.91 Å². The lowest BCUT2D eigenvalue weighted by Crippen LogP contribution is -2.56. The molecule has 4 bridgehead atoms. The zero-order chi connectivity index (χ0) is 22.9. The average Bonchev–Trinajstić information content (AvgIpc) is 2.76. The lowest BCUT2D eigenvalue weighted by Gasteiger charge is -2.59. The second-order valence-corrected chi connectivity index (χ2v) is 12.7. The number of carbonyl (C=O) groups excluding carboxylic acids is 1. The number of halogens is 2. The van der Waals surface area contributed by atoms with Gasteiger partial charge in [-0.2, -0.15) is 4.31 Å². The van der Waals surface area contributed by atoms with Crippen molar-refractivity contribution in [3.8, 4) is 0 Å². The minimum atomic E-state index is -3.69. The Morgan fingerprint density at radius 1 is 1.03 bits per heavy atom. The number of benzene rings is 1. The zero-order valence-electron chi connectivity index (χ0n) is 18.7. The van der Waals surface area contributed by atoms with Crippen LogP contribution in [0.4, 0.5) is 0 Å². The Labute approximate surface area is 202 Å². The maximum absolute atomic E-state index is 13.1. The van der Waals surface area contributed by atoms with Gasteiger partial charge >= 0.3 is 0 Å². The highest BCUT2D eigenvalue weighted by Crippen LogP contribution is 2.61. The Kier molecular flexibility index (Phi) is 7.45. The fourth-order valence-corrected chi connectivity index (χ4v) is 9.05. The van der Waals surface area contributed by atoms with Crippen molar-refractivity contribution < 1.29 is 13.2 Å². The summed E-state index contributed by atoms with van der Waals surface area (Å²) in [5.74, 6) is 2.77. The number of rotatable bonds is 10. The largest absolute Gasteiger partial charge is 0.349 e. The molecule has 178 valence electrons. The van der Waals surface area contributed by atoms with Gasteiger partial charge in [0.05, 0.1) is 4.90 Å². The molecule has 8 heteroatoms. The van der Waals surface area contributed by atoms with Crippen LogP contribution in [0.25, 0.3) is 0 Å². The van der Waals surface area contributed by atoms with Crippen LogP contribution in [0.15, 0.2) is 29.2 Å². The summed E-state index contributed by atoms with van der Waals surface area (Å²) in [5.41, 5.74) is 0.736. The molecule has 4 fully saturated rings. The van der Waals surface area contributed by atoms with Crippen molar-refractivity contribution in [1.82, 2.24) is 9.62 Å². The van der Waals surface area contributed by atoms with Gasteiger partial charge in [-0.15, -0.1) is 23.2 Å². The first kappa shape index (κ1) is 24.3. The molecule has 1 aromatic rings. The van der Waals surface area contributed by atoms with Crippen LogP contribution in [-0.4, -0.2) is 49.5 Å². The van der Waals surface area contributed by atoms with Gasteiger partial charge in [0, 0.05) is 36.5 Å². The standard InChI is InChI=1S/C24H34Cl2N2O3S/c1-2-22(24-14-17-11-18(15-24)13-19(12-17)16-24)27-23(29)20-3-5-21(6-4-20)32(30,31)28(9-7-25)10-8-26/h3-6,17-19,22H,2,7-16H2,1H3,(H,27,29)/t17?,18?,19?,22-,24?/m0/s1. The summed E-state index contributed by atoms with van der Waals surface area (Å²) in [4.78, 5) is 13.3. The van der Waals surface area contributed by atoms with Crippen molar-refractivity contribution in [1.29, 1.82) is 0 Å². The van der Waals surface area contributed by atoms with E-state index in [2.05, 4.69) is 12.2 Å². The number of hydrogen-bond acceptors (Lipinski definition) is 3. The van der Waals surface area contributed by atoms with E-state index >= 15 is 0 Å². The van der Waals surface area contributed by atoms with Crippen molar-refractivity contribution >= 4 is 39.1 Å². The Balaban J connectivity index is 1.47. The number of carbonyl (C=O) groups is 1. The molecule has 0 saturated heterocycles. The topological polar surface area (TPSA) is 66.5 Å². The van der Waals surface area contributed by atoms with Crippen molar-refractivity contribution in [3.63, 3.8) is 0 Å². The summed E-state index contributed by atoms with van der Waals surface area (Å²) in [5, 5.41) is 3.33. The second-order valence-electron chi connectivity index (χ2n) is 10.0. The third-order valence-electron chi connectivity index (χ3n) is 7.96. The lowest BCUT2D eigenvalue weighted by atomic mass is 9.47. The van der Waals surface area contributed by atoms with E-state index in [1.807, 2.05) is 0 Å². The first-order chi connectivity index (χ1) is 15.3. The third-order valence-corrected chi connectivity index (χ3v) is 10.2. The first-order valence-corrected chi connectivity index (χ1v) is 14.3. The predicted molar refractivity (Wildman–Crippen MR) is 129 cm³/mol. The number of nitrogens with one attached hydrogen (secondary N) is 1. The molecule has 32 heavy (non-hydrogen) atoms. The number of amides is 1. The van der Waals surface area contributed by atoms with Crippen LogP contribution in [0.1, 0.15) is 62.2 Å². The van der Waals surface area contributed by atoms with Gasteiger partial charge in [0.2, 0.25) is 10.0 Å². The lowest BCUT2D eigenvalue weighted by molar-refractivity contribution is -0.0727. The maximum atomic E-state index is 13.1. The van der Waals surface area contributed by atoms with Crippen molar-refractivity contribution in [2.24, 2.45) is 23.2 Å². The molecule has 0 aromatic heterocycles. The van der Waals surface area contributed by atoms with E-state index in [9.17, 15) is 13.2 Å². The van der Waals surface area contributed by atoms with Gasteiger partial charge in [-0.25, -0.2) is 8.42 Å². The SMILES string of the molecule is CC[C@H](NC(=O)c1ccc(S(=O)(=O)N(CCCl)CCCl)cc1)C12CC3CC(CC(C3)C1)C2. The molecule has 4 aliphatic rings. The summed E-state index contributed by atoms with van der Waals surface area (Å²) in [6, 6.07) is 6.40. The van der Waals surface area contributed by atoms with Gasteiger partial charge in [-0.1, -0.05) is 6.92 Å². The Morgan fingerprint density at radius 2 is 1.53 bits per heavy atom. The molecule has 5 nitrogen and oxygen atoms in total. The molecule has 4 saturated carbocycles. The Morgan fingerprint density at radius 3 is 1.97 bits per heavy atom. The van der Waals surface area contributed by atoms with E-state index in [0.29, 0.717) is 5.56 Å². The maximum Gasteiger partial charge on any atom is 0.251 e. The van der Waals surface area contributed by atoms with Gasteiger partial charge in [0.1, 0.15) is 0 Å². The monoisotopic (exact) mass is 500 g/mol. The molecule has 0 unspecified atom stereocenters. The zero-order valence-corrected chi connectivity index (χ0v) is 21.1. The third kappa shape index (κ3) is 4.70. The highest BCUT2D eigenvalue weighted by molar-refractivity contribution is 7.89. The second kappa shape index (κ2) is 9.81. The molecule has 0 aliphatic heterocycles. The fourth-order valence-electron chi connectivity index (χ4n) is 7.00. The van der Waals surface area contributed by atoms with E-state index < -0.39 is 10.0 Å². The van der Waals surface area contributed by atoms with E-state index in [1.54, 1.807) is 12.1 Å². The minimum Gasteiger partial charge on any atom is -0.349 e. The van der Waals surface area contributed by atoms with Crippen LogP contribution in [0, 0.1) is 23.2 Å². The van der Waals surface area contributed by atoms with Crippen LogP contribution in [0.2, 0.25) is 0 Å². The van der Waals surface area contributed by atoms with Crippen LogP contribution in [0.3, 0.4) is 0 Å². The normalized spacial score (nSPS) is 29.9. The predicted octanol–water partition coefficient (Wildman–Crippen LogP) is 4.88. The number of sulfonamides is 1. The van der Waals surface area contributed by atoms with E-state index in [-0.39, 0.29) is 47.1 Å². The molecule has 1 atom stereocenters. The summed E-state index contributed by atoms with van der Waals surface area (Å²) in [6.45, 7) is 2.56. The van der Waals surface area contributed by atoms with Crippen molar-refractivity contribution in [3.05, 3.63) is 29.8 Å². The van der Waals surface area contributed by atoms with Crippen LogP contribution in [0.5, 0.6) is 0 Å². The molecule has 1 aromatic carbocycles. The number of nitrogens with zero attached hydrogens (tertiary/aromatic N) is 1. The van der Waals surface area contributed by atoms with E-state index in [0.717, 1.165) is 24.2 Å². The smallest absolute Gasteiger partial charge is 0.251 e. The molecule has 0 spiro atoms. The Bertz CT molecular complexity index is 878. The van der Waals surface area contributed by atoms with Gasteiger partial charge in [-0.05, 0) is 92.4 Å². The van der Waals surface area contributed by atoms with Gasteiger partial charge < -0.3 is 5.32 Å². The highest BCUT2D eigenvalue weighted by atomic mass is 35.5. The van der Waals surface area contributed by atoms with Crippen molar-refractivity contribution in [2.75, 3.05) is 24.8 Å². The van der Waals surface area contributed by atoms with E-state index in [1.165, 1.54) is 55.0 Å². The number of alkyl halides is 2. The molecule has 1 N–H and O–H groups in total. The summed E-state index contributed by atoms with van der Waals surface area (Å²) in [6.07, 6.45) is 8.79. The van der Waals surface area contributed by atoms with Crippen LogP contribution >= 0.6 is 23.2 Å². The quantitative estimate of drug-likeness (QED) is 0.465.